The van der Waals surface area contributed by atoms with E-state index in [1.165, 1.54) is 4.90 Å². The molecule has 5 rings (SSSR count). The molecule has 0 atom stereocenters. The van der Waals surface area contributed by atoms with Crippen molar-refractivity contribution in [2.45, 2.75) is 20.4 Å². The fraction of sp³-hybridized carbons (Fsp3) is 0.107. The van der Waals surface area contributed by atoms with Crippen molar-refractivity contribution in [1.29, 1.82) is 0 Å². The molecule has 2 heterocycles. The van der Waals surface area contributed by atoms with Crippen LogP contribution in [0.1, 0.15) is 22.3 Å². The molecule has 4 aromatic rings. The Hall–Kier alpha value is -3.74. The maximum absolute atomic E-state index is 13.5. The summed E-state index contributed by atoms with van der Waals surface area (Å²) < 4.78 is 2.10. The van der Waals surface area contributed by atoms with Gasteiger partial charge in [0.15, 0.2) is 5.11 Å². The van der Waals surface area contributed by atoms with E-state index in [-0.39, 0.29) is 10.7 Å². The molecule has 0 bridgehead atoms. The highest BCUT2D eigenvalue weighted by molar-refractivity contribution is 7.80. The van der Waals surface area contributed by atoms with Crippen molar-refractivity contribution in [3.63, 3.8) is 0 Å². The van der Waals surface area contributed by atoms with Crippen LogP contribution in [0.2, 0.25) is 5.02 Å². The van der Waals surface area contributed by atoms with Crippen molar-refractivity contribution in [3.8, 4) is 0 Å². The second kappa shape index (κ2) is 9.13. The summed E-state index contributed by atoms with van der Waals surface area (Å²) in [6, 6.07) is 21.3. The average Bonchev–Trinajstić information content (AvgIpc) is 3.17. The van der Waals surface area contributed by atoms with Gasteiger partial charge in [-0.15, -0.1) is 0 Å². The molecule has 1 aliphatic heterocycles. The molecule has 3 aromatic carbocycles. The third-order valence-corrected chi connectivity index (χ3v) is 6.77. The molecule has 1 fully saturated rings. The van der Waals surface area contributed by atoms with E-state index in [1.54, 1.807) is 6.08 Å². The summed E-state index contributed by atoms with van der Waals surface area (Å²) in [6.07, 6.45) is 3.61. The van der Waals surface area contributed by atoms with E-state index in [0.29, 0.717) is 17.3 Å². The monoisotopic (exact) mass is 499 g/mol. The highest BCUT2D eigenvalue weighted by atomic mass is 35.5. The number of rotatable bonds is 4. The van der Waals surface area contributed by atoms with Gasteiger partial charge >= 0.3 is 0 Å². The highest BCUT2D eigenvalue weighted by Crippen LogP contribution is 2.28. The van der Waals surface area contributed by atoms with E-state index in [4.69, 9.17) is 23.8 Å². The van der Waals surface area contributed by atoms with Crippen LogP contribution in [-0.2, 0) is 16.1 Å². The predicted octanol–water partition coefficient (Wildman–Crippen LogP) is 5.79. The summed E-state index contributed by atoms with van der Waals surface area (Å²) in [5.74, 6) is -0.953. The molecule has 7 heteroatoms. The molecule has 1 N–H and O–H groups in total. The minimum absolute atomic E-state index is 0.0335. The SMILES string of the molecule is Cc1ccc(N2C(=O)/C(=C/c3cn(Cc4ccc(Cl)cc4)c4ccccc34)C(=O)NC2=S)cc1C. The molecule has 0 saturated carbocycles. The van der Waals surface area contributed by atoms with E-state index in [2.05, 4.69) is 9.88 Å². The molecule has 1 saturated heterocycles. The number of benzene rings is 3. The fourth-order valence-corrected chi connectivity index (χ4v) is 4.63. The maximum atomic E-state index is 13.5. The lowest BCUT2D eigenvalue weighted by molar-refractivity contribution is -0.122. The van der Waals surface area contributed by atoms with E-state index in [0.717, 1.165) is 33.2 Å². The number of nitrogens with zero attached hydrogens (tertiary/aromatic N) is 2. The first-order valence-corrected chi connectivity index (χ1v) is 11.9. The summed E-state index contributed by atoms with van der Waals surface area (Å²) >= 11 is 11.4. The Balaban J connectivity index is 1.56. The number of para-hydroxylation sites is 1. The van der Waals surface area contributed by atoms with Gasteiger partial charge < -0.3 is 4.57 Å². The summed E-state index contributed by atoms with van der Waals surface area (Å²) in [5.41, 5.74) is 5.67. The number of hydrogen-bond donors (Lipinski definition) is 1. The van der Waals surface area contributed by atoms with Crippen molar-refractivity contribution >= 4 is 63.4 Å². The standard InChI is InChI=1S/C28H22ClN3O2S/c1-17-7-12-22(13-18(17)2)32-27(34)24(26(33)30-28(32)35)14-20-16-31(25-6-4-3-5-23(20)25)15-19-8-10-21(29)11-9-19/h3-14,16H,15H2,1-2H3,(H,30,33,35)/b24-14+. The normalized spacial score (nSPS) is 15.2. The van der Waals surface area contributed by atoms with E-state index in [9.17, 15) is 9.59 Å². The van der Waals surface area contributed by atoms with Crippen molar-refractivity contribution in [2.24, 2.45) is 0 Å². The predicted molar refractivity (Wildman–Crippen MR) is 145 cm³/mol. The lowest BCUT2D eigenvalue weighted by Crippen LogP contribution is -2.54. The Morgan fingerprint density at radius 2 is 1.71 bits per heavy atom. The molecule has 2 amide bonds. The fourth-order valence-electron chi connectivity index (χ4n) is 4.22. The second-order valence-electron chi connectivity index (χ2n) is 8.58. The molecule has 0 unspecified atom stereocenters. The van der Waals surface area contributed by atoms with Crippen LogP contribution in [0.4, 0.5) is 5.69 Å². The molecular formula is C28H22ClN3O2S. The van der Waals surface area contributed by atoms with Gasteiger partial charge in [-0.3, -0.25) is 19.8 Å². The maximum Gasteiger partial charge on any atom is 0.270 e. The van der Waals surface area contributed by atoms with Gasteiger partial charge in [0, 0.05) is 34.2 Å². The Morgan fingerprint density at radius 1 is 0.971 bits per heavy atom. The third-order valence-electron chi connectivity index (χ3n) is 6.24. The first kappa shape index (κ1) is 23.0. The van der Waals surface area contributed by atoms with Crippen molar-refractivity contribution < 1.29 is 9.59 Å². The first-order valence-electron chi connectivity index (χ1n) is 11.1. The van der Waals surface area contributed by atoms with Crippen LogP contribution in [0, 0.1) is 13.8 Å². The van der Waals surface area contributed by atoms with E-state index < -0.39 is 11.8 Å². The molecule has 174 valence electrons. The number of hydrogen-bond acceptors (Lipinski definition) is 3. The van der Waals surface area contributed by atoms with Crippen LogP contribution >= 0.6 is 23.8 Å². The number of amides is 2. The molecular weight excluding hydrogens is 478 g/mol. The van der Waals surface area contributed by atoms with Crippen LogP contribution in [0.15, 0.2) is 78.5 Å². The van der Waals surface area contributed by atoms with Crippen LogP contribution in [0.5, 0.6) is 0 Å². The molecule has 5 nitrogen and oxygen atoms in total. The summed E-state index contributed by atoms with van der Waals surface area (Å²) in [4.78, 5) is 27.7. The van der Waals surface area contributed by atoms with Gasteiger partial charge in [-0.25, -0.2) is 0 Å². The van der Waals surface area contributed by atoms with Gasteiger partial charge in [0.1, 0.15) is 5.57 Å². The number of thiocarbonyl (C=S) groups is 1. The van der Waals surface area contributed by atoms with Gasteiger partial charge in [-0.05, 0) is 79.2 Å². The second-order valence-corrected chi connectivity index (χ2v) is 9.41. The van der Waals surface area contributed by atoms with Crippen molar-refractivity contribution in [3.05, 3.63) is 106 Å². The zero-order valence-corrected chi connectivity index (χ0v) is 20.8. The summed E-state index contributed by atoms with van der Waals surface area (Å²) in [6.45, 7) is 4.60. The van der Waals surface area contributed by atoms with Crippen LogP contribution in [0.25, 0.3) is 17.0 Å². The summed E-state index contributed by atoms with van der Waals surface area (Å²) in [5, 5.41) is 4.38. The quantitative estimate of drug-likeness (QED) is 0.219. The van der Waals surface area contributed by atoms with Crippen LogP contribution in [-0.4, -0.2) is 21.5 Å². The van der Waals surface area contributed by atoms with Gasteiger partial charge in [-0.2, -0.15) is 0 Å². The Bertz CT molecular complexity index is 1540. The highest BCUT2D eigenvalue weighted by Gasteiger charge is 2.34. The van der Waals surface area contributed by atoms with E-state index in [1.807, 2.05) is 86.8 Å². The van der Waals surface area contributed by atoms with Gasteiger partial charge in [-0.1, -0.05) is 48.0 Å². The lowest BCUT2D eigenvalue weighted by Gasteiger charge is -2.29. The van der Waals surface area contributed by atoms with Crippen molar-refractivity contribution in [2.75, 3.05) is 4.90 Å². The number of fused-ring (bicyclic) bond motifs is 1. The Kier molecular flexibility index (Phi) is 6.01. The molecule has 0 aliphatic carbocycles. The zero-order valence-electron chi connectivity index (χ0n) is 19.2. The van der Waals surface area contributed by atoms with Crippen molar-refractivity contribution in [1.82, 2.24) is 9.88 Å². The molecule has 0 radical (unpaired) electrons. The van der Waals surface area contributed by atoms with Crippen LogP contribution < -0.4 is 10.2 Å². The topological polar surface area (TPSA) is 54.3 Å². The Labute approximate surface area is 213 Å². The molecule has 1 aromatic heterocycles. The van der Waals surface area contributed by atoms with Gasteiger partial charge in [0.05, 0.1) is 5.69 Å². The first-order chi connectivity index (χ1) is 16.8. The smallest absolute Gasteiger partial charge is 0.270 e. The number of carbonyl (C=O) groups excluding carboxylic acids is 2. The number of aryl methyl sites for hydroxylation is 2. The molecule has 1 aliphatic rings. The number of anilines is 1. The Morgan fingerprint density at radius 3 is 2.46 bits per heavy atom. The summed E-state index contributed by atoms with van der Waals surface area (Å²) in [7, 11) is 0. The van der Waals surface area contributed by atoms with Gasteiger partial charge in [0.25, 0.3) is 11.8 Å². The minimum atomic E-state index is -0.505. The van der Waals surface area contributed by atoms with Crippen LogP contribution in [0.3, 0.4) is 0 Å². The zero-order chi connectivity index (χ0) is 24.7. The van der Waals surface area contributed by atoms with E-state index >= 15 is 0 Å². The number of halogens is 1. The molecule has 0 spiro atoms. The number of nitrogens with one attached hydrogen (secondary N) is 1. The average molecular weight is 500 g/mol. The van der Waals surface area contributed by atoms with Gasteiger partial charge in [0.2, 0.25) is 0 Å². The number of carbonyl (C=O) groups is 2. The number of aromatic nitrogens is 1. The lowest BCUT2D eigenvalue weighted by atomic mass is 10.0. The largest absolute Gasteiger partial charge is 0.342 e. The molecule has 35 heavy (non-hydrogen) atoms. The minimum Gasteiger partial charge on any atom is -0.342 e. The third kappa shape index (κ3) is 4.38.